The van der Waals surface area contributed by atoms with Crippen molar-refractivity contribution in [2.75, 3.05) is 46.1 Å². The first-order valence-corrected chi connectivity index (χ1v) is 10.8. The van der Waals surface area contributed by atoms with Crippen LogP contribution in [0.3, 0.4) is 0 Å². The fourth-order valence-electron chi connectivity index (χ4n) is 3.79. The molecule has 3 aromatic rings. The van der Waals surface area contributed by atoms with Crippen LogP contribution in [0.2, 0.25) is 0 Å². The lowest BCUT2D eigenvalue weighted by atomic mass is 10.1. The van der Waals surface area contributed by atoms with Crippen molar-refractivity contribution < 1.29 is 14.3 Å². The summed E-state index contributed by atoms with van der Waals surface area (Å²) in [6, 6.07) is 13.6. The van der Waals surface area contributed by atoms with Crippen LogP contribution in [0, 0.1) is 0 Å². The molecule has 1 saturated heterocycles. The quantitative estimate of drug-likeness (QED) is 0.586. The summed E-state index contributed by atoms with van der Waals surface area (Å²) in [6.07, 6.45) is 3.00. The molecule has 9 heteroatoms. The zero-order valence-electron chi connectivity index (χ0n) is 18.8. The van der Waals surface area contributed by atoms with Gasteiger partial charge in [0.15, 0.2) is 0 Å². The Balaban J connectivity index is 1.38. The number of hydrogen-bond donors (Lipinski definition) is 1. The minimum atomic E-state index is -0.291. The van der Waals surface area contributed by atoms with E-state index in [0.717, 1.165) is 28.3 Å². The number of methoxy groups -OCH3 is 1. The van der Waals surface area contributed by atoms with E-state index in [9.17, 15) is 4.79 Å². The number of carbonyl (C=O) groups is 1. The Morgan fingerprint density at radius 1 is 1.24 bits per heavy atom. The second-order valence-corrected chi connectivity index (χ2v) is 8.00. The zero-order chi connectivity index (χ0) is 23.2. The van der Waals surface area contributed by atoms with E-state index < -0.39 is 0 Å². The number of nitrogens with zero attached hydrogens (tertiary/aromatic N) is 5. The Labute approximate surface area is 193 Å². The van der Waals surface area contributed by atoms with Crippen LogP contribution >= 0.6 is 0 Å². The van der Waals surface area contributed by atoms with Crippen LogP contribution in [0.1, 0.15) is 17.4 Å². The number of amides is 1. The van der Waals surface area contributed by atoms with Gasteiger partial charge in [0, 0.05) is 31.0 Å². The molecule has 1 amide bonds. The number of nitrogens with two attached hydrogens (primary N) is 1. The first-order chi connectivity index (χ1) is 16.0. The average molecular weight is 449 g/mol. The molecular formula is C24H28N6O3. The summed E-state index contributed by atoms with van der Waals surface area (Å²) in [5.74, 6) is 1.09. The van der Waals surface area contributed by atoms with Gasteiger partial charge < -0.3 is 20.1 Å². The molecule has 0 unspecified atom stereocenters. The molecule has 1 fully saturated rings. The van der Waals surface area contributed by atoms with Gasteiger partial charge in [0.05, 0.1) is 38.2 Å². The van der Waals surface area contributed by atoms with Crippen molar-refractivity contribution in [1.82, 2.24) is 24.8 Å². The number of likely N-dealkylation sites (N-methyl/N-ethyl adjacent to an activating group) is 1. The molecule has 0 radical (unpaired) electrons. The van der Waals surface area contributed by atoms with Crippen LogP contribution in [0.5, 0.6) is 5.75 Å². The highest BCUT2D eigenvalue weighted by Crippen LogP contribution is 2.24. The summed E-state index contributed by atoms with van der Waals surface area (Å²) in [7, 11) is 3.59. The van der Waals surface area contributed by atoms with Gasteiger partial charge in [-0.25, -0.2) is 15.0 Å². The topological polar surface area (TPSA) is 107 Å². The smallest absolute Gasteiger partial charge is 0.236 e. The first-order valence-electron chi connectivity index (χ1n) is 10.8. The lowest BCUT2D eigenvalue weighted by Gasteiger charge is -2.33. The highest BCUT2D eigenvalue weighted by atomic mass is 16.5. The summed E-state index contributed by atoms with van der Waals surface area (Å²) in [5.41, 5.74) is 8.95. The molecule has 3 heterocycles. The van der Waals surface area contributed by atoms with Gasteiger partial charge in [-0.3, -0.25) is 9.69 Å². The molecule has 1 aliphatic heterocycles. The van der Waals surface area contributed by atoms with Gasteiger partial charge in [0.1, 0.15) is 11.9 Å². The van der Waals surface area contributed by atoms with Gasteiger partial charge in [-0.15, -0.1) is 0 Å². The van der Waals surface area contributed by atoms with Crippen molar-refractivity contribution in [2.45, 2.75) is 12.6 Å². The lowest BCUT2D eigenvalue weighted by Crippen LogP contribution is -2.46. The van der Waals surface area contributed by atoms with Crippen molar-refractivity contribution in [3.8, 4) is 17.0 Å². The molecule has 0 bridgehead atoms. The third kappa shape index (κ3) is 5.82. The van der Waals surface area contributed by atoms with E-state index in [-0.39, 0.29) is 18.0 Å². The highest BCUT2D eigenvalue weighted by molar-refractivity contribution is 5.78. The van der Waals surface area contributed by atoms with Crippen molar-refractivity contribution in [3.05, 3.63) is 66.1 Å². The number of pyridine rings is 1. The fraction of sp³-hybridized carbons (Fsp3) is 0.333. The molecular weight excluding hydrogens is 420 g/mol. The number of anilines is 1. The number of carbonyl (C=O) groups excluding carboxylic acids is 1. The van der Waals surface area contributed by atoms with E-state index in [1.807, 2.05) is 59.3 Å². The molecule has 0 aliphatic carbocycles. The summed E-state index contributed by atoms with van der Waals surface area (Å²) in [6.45, 7) is 2.46. The molecule has 1 aromatic carbocycles. The molecule has 9 nitrogen and oxygen atoms in total. The van der Waals surface area contributed by atoms with Gasteiger partial charge in [-0.05, 0) is 36.9 Å². The average Bonchev–Trinajstić information content (AvgIpc) is 2.84. The van der Waals surface area contributed by atoms with Crippen molar-refractivity contribution in [1.29, 1.82) is 0 Å². The second-order valence-electron chi connectivity index (χ2n) is 8.00. The number of rotatable bonds is 7. The van der Waals surface area contributed by atoms with Crippen LogP contribution in [-0.4, -0.2) is 71.1 Å². The molecule has 2 N–H and O–H groups in total. The highest BCUT2D eigenvalue weighted by Gasteiger charge is 2.27. The Bertz CT molecular complexity index is 1090. The van der Waals surface area contributed by atoms with E-state index in [4.69, 9.17) is 20.2 Å². The van der Waals surface area contributed by atoms with Gasteiger partial charge in [0.2, 0.25) is 11.9 Å². The molecule has 4 rings (SSSR count). The first kappa shape index (κ1) is 22.6. The number of morpholine rings is 1. The maximum Gasteiger partial charge on any atom is 0.236 e. The molecule has 172 valence electrons. The standard InChI is InChI=1S/C24H28N6O3/c1-29(14-17-5-3-6-19(11-17)32-2)16-23(31)30-9-10-33-22(15-30)21-8-4-7-20(28-21)18-12-26-24(25)27-13-18/h3-8,11-13,22H,9-10,14-16H2,1-2H3,(H2,25,26,27)/t22-/m1/s1. The van der Waals surface area contributed by atoms with Crippen LogP contribution in [0.4, 0.5) is 5.95 Å². The zero-order valence-corrected chi connectivity index (χ0v) is 18.8. The number of aromatic nitrogens is 3. The fourth-order valence-corrected chi connectivity index (χ4v) is 3.79. The predicted octanol–water partition coefficient (Wildman–Crippen LogP) is 2.16. The molecule has 0 spiro atoms. The van der Waals surface area contributed by atoms with Gasteiger partial charge in [0.25, 0.3) is 0 Å². The van der Waals surface area contributed by atoms with Gasteiger partial charge in [-0.2, -0.15) is 0 Å². The summed E-state index contributed by atoms with van der Waals surface area (Å²) >= 11 is 0. The largest absolute Gasteiger partial charge is 0.497 e. The Kier molecular flexibility index (Phi) is 7.11. The number of nitrogen functional groups attached to an aromatic ring is 1. The Morgan fingerprint density at radius 3 is 2.82 bits per heavy atom. The van der Waals surface area contributed by atoms with Crippen LogP contribution in [-0.2, 0) is 16.1 Å². The van der Waals surface area contributed by atoms with E-state index in [0.29, 0.717) is 32.8 Å². The van der Waals surface area contributed by atoms with E-state index in [2.05, 4.69) is 9.97 Å². The normalized spacial score (nSPS) is 16.1. The SMILES string of the molecule is COc1cccc(CN(C)CC(=O)N2CCO[C@@H](c3cccc(-c4cnc(N)nc4)n3)C2)c1. The Hall–Kier alpha value is -3.56. The van der Waals surface area contributed by atoms with E-state index >= 15 is 0 Å². The van der Waals surface area contributed by atoms with Gasteiger partial charge in [-0.1, -0.05) is 18.2 Å². The number of benzene rings is 1. The third-order valence-electron chi connectivity index (χ3n) is 5.48. The van der Waals surface area contributed by atoms with Crippen LogP contribution in [0.25, 0.3) is 11.3 Å². The summed E-state index contributed by atoms with van der Waals surface area (Å²) < 4.78 is 11.2. The number of ether oxygens (including phenoxy) is 2. The second kappa shape index (κ2) is 10.4. The summed E-state index contributed by atoms with van der Waals surface area (Å²) in [4.78, 5) is 29.6. The minimum Gasteiger partial charge on any atom is -0.497 e. The summed E-state index contributed by atoms with van der Waals surface area (Å²) in [5, 5.41) is 0. The minimum absolute atomic E-state index is 0.0665. The van der Waals surface area contributed by atoms with Crippen molar-refractivity contribution in [2.24, 2.45) is 0 Å². The van der Waals surface area contributed by atoms with Crippen molar-refractivity contribution >= 4 is 11.9 Å². The maximum absolute atomic E-state index is 13.0. The monoisotopic (exact) mass is 448 g/mol. The van der Waals surface area contributed by atoms with E-state index in [1.54, 1.807) is 19.5 Å². The van der Waals surface area contributed by atoms with Crippen LogP contribution in [0.15, 0.2) is 54.9 Å². The van der Waals surface area contributed by atoms with E-state index in [1.165, 1.54) is 0 Å². The molecule has 1 aliphatic rings. The third-order valence-corrected chi connectivity index (χ3v) is 5.48. The maximum atomic E-state index is 13.0. The lowest BCUT2D eigenvalue weighted by molar-refractivity contribution is -0.140. The predicted molar refractivity (Wildman–Crippen MR) is 124 cm³/mol. The van der Waals surface area contributed by atoms with Gasteiger partial charge >= 0.3 is 0 Å². The molecule has 33 heavy (non-hydrogen) atoms. The molecule has 1 atom stereocenters. The van der Waals surface area contributed by atoms with Crippen LogP contribution < -0.4 is 10.5 Å². The number of hydrogen-bond acceptors (Lipinski definition) is 8. The Morgan fingerprint density at radius 2 is 2.03 bits per heavy atom. The van der Waals surface area contributed by atoms with Crippen molar-refractivity contribution in [3.63, 3.8) is 0 Å². The molecule has 0 saturated carbocycles. The molecule has 2 aromatic heterocycles.